The van der Waals surface area contributed by atoms with Gasteiger partial charge in [-0.2, -0.15) is 10.4 Å². The summed E-state index contributed by atoms with van der Waals surface area (Å²) in [5, 5.41) is 16.5. The van der Waals surface area contributed by atoms with Gasteiger partial charge < -0.3 is 14.8 Å². The van der Waals surface area contributed by atoms with Crippen LogP contribution >= 0.6 is 0 Å². The van der Waals surface area contributed by atoms with E-state index in [2.05, 4.69) is 16.5 Å². The smallest absolute Gasteiger partial charge is 0.272 e. The summed E-state index contributed by atoms with van der Waals surface area (Å²) in [4.78, 5) is 12.7. The molecule has 1 N–H and O–H groups in total. The third-order valence-electron chi connectivity index (χ3n) is 5.65. The molecular formula is C21H22N4O3. The number of fused-ring (bicyclic) bond motifs is 2. The van der Waals surface area contributed by atoms with Gasteiger partial charge in [-0.25, -0.2) is 4.68 Å². The monoisotopic (exact) mass is 378 g/mol. The highest BCUT2D eigenvalue weighted by Gasteiger charge is 2.30. The average molecular weight is 378 g/mol. The van der Waals surface area contributed by atoms with Gasteiger partial charge in [-0.1, -0.05) is 12.8 Å². The van der Waals surface area contributed by atoms with Crippen molar-refractivity contribution in [3.05, 3.63) is 41.1 Å². The van der Waals surface area contributed by atoms with Gasteiger partial charge >= 0.3 is 0 Å². The maximum atomic E-state index is 12.7. The highest BCUT2D eigenvalue weighted by atomic mass is 16.5. The molecule has 2 aliphatic heterocycles. The number of carbonyl (C=O) groups is 1. The first-order valence-corrected chi connectivity index (χ1v) is 9.89. The second-order valence-electron chi connectivity index (χ2n) is 7.92. The number of amides is 1. The zero-order valence-electron chi connectivity index (χ0n) is 15.6. The van der Waals surface area contributed by atoms with Gasteiger partial charge in [-0.3, -0.25) is 4.79 Å². The molecule has 0 saturated heterocycles. The van der Waals surface area contributed by atoms with Crippen molar-refractivity contribution in [2.45, 2.75) is 50.8 Å². The molecule has 0 bridgehead atoms. The first kappa shape index (κ1) is 17.1. The third kappa shape index (κ3) is 3.42. The number of nitrogens with zero attached hydrogens (tertiary/aromatic N) is 3. The Kier molecular flexibility index (Phi) is 4.19. The lowest BCUT2D eigenvalue weighted by Gasteiger charge is -2.25. The maximum absolute atomic E-state index is 12.7. The summed E-state index contributed by atoms with van der Waals surface area (Å²) in [6, 6.07) is 9.08. The third-order valence-corrected chi connectivity index (χ3v) is 5.65. The minimum atomic E-state index is -0.224. The zero-order chi connectivity index (χ0) is 19.1. The molecule has 2 aromatic rings. The van der Waals surface area contributed by atoms with Gasteiger partial charge in [0.1, 0.15) is 18.5 Å². The van der Waals surface area contributed by atoms with E-state index in [0.717, 1.165) is 36.6 Å². The number of benzene rings is 1. The van der Waals surface area contributed by atoms with Crippen molar-refractivity contribution in [2.75, 3.05) is 6.61 Å². The van der Waals surface area contributed by atoms with E-state index in [0.29, 0.717) is 30.2 Å². The molecule has 0 unspecified atom stereocenters. The van der Waals surface area contributed by atoms with E-state index < -0.39 is 0 Å². The van der Waals surface area contributed by atoms with Crippen LogP contribution in [0.25, 0.3) is 0 Å². The molecule has 5 rings (SSSR count). The number of ether oxygens (including phenoxy) is 2. The number of aromatic nitrogens is 2. The number of aryl methyl sites for hydroxylation is 1. The molecule has 7 nitrogen and oxygen atoms in total. The minimum absolute atomic E-state index is 0.156. The highest BCUT2D eigenvalue weighted by Crippen LogP contribution is 2.36. The highest BCUT2D eigenvalue weighted by molar-refractivity contribution is 5.92. The van der Waals surface area contributed by atoms with E-state index in [4.69, 9.17) is 14.7 Å². The molecule has 3 heterocycles. The van der Waals surface area contributed by atoms with E-state index in [1.165, 1.54) is 12.8 Å². The van der Waals surface area contributed by atoms with E-state index in [1.807, 2.05) is 12.1 Å². The molecule has 28 heavy (non-hydrogen) atoms. The van der Waals surface area contributed by atoms with Crippen LogP contribution in [-0.2, 0) is 13.0 Å². The van der Waals surface area contributed by atoms with E-state index in [-0.39, 0.29) is 18.1 Å². The zero-order valence-corrected chi connectivity index (χ0v) is 15.6. The van der Waals surface area contributed by atoms with Crippen LogP contribution in [0.2, 0.25) is 0 Å². The summed E-state index contributed by atoms with van der Waals surface area (Å²) in [7, 11) is 0. The summed E-state index contributed by atoms with van der Waals surface area (Å²) >= 11 is 0. The minimum Gasteiger partial charge on any atom is -0.491 e. The molecule has 1 aromatic carbocycles. The van der Waals surface area contributed by atoms with Crippen LogP contribution in [0.1, 0.15) is 47.3 Å². The fourth-order valence-corrected chi connectivity index (χ4v) is 3.97. The van der Waals surface area contributed by atoms with E-state index in [1.54, 1.807) is 16.8 Å². The Hall–Kier alpha value is -3.01. The molecule has 1 amide bonds. The molecule has 144 valence electrons. The number of nitrogens with one attached hydrogen (secondary N) is 1. The predicted molar refractivity (Wildman–Crippen MR) is 100 cm³/mol. The van der Waals surface area contributed by atoms with Crippen LogP contribution < -0.4 is 14.8 Å². The van der Waals surface area contributed by atoms with Crippen molar-refractivity contribution in [3.63, 3.8) is 0 Å². The number of hydrogen-bond donors (Lipinski definition) is 1. The molecule has 0 spiro atoms. The average Bonchev–Trinajstić information content (AvgIpc) is 3.42. The van der Waals surface area contributed by atoms with Crippen molar-refractivity contribution in [1.82, 2.24) is 15.1 Å². The van der Waals surface area contributed by atoms with Crippen LogP contribution in [0, 0.1) is 17.2 Å². The number of hydrogen-bond acceptors (Lipinski definition) is 5. The molecule has 1 aliphatic carbocycles. The van der Waals surface area contributed by atoms with Gasteiger partial charge in [-0.05, 0) is 42.5 Å². The Morgan fingerprint density at radius 2 is 2.21 bits per heavy atom. The number of carbonyl (C=O) groups excluding carboxylic acids is 1. The van der Waals surface area contributed by atoms with Crippen molar-refractivity contribution < 1.29 is 14.3 Å². The summed E-state index contributed by atoms with van der Waals surface area (Å²) < 4.78 is 13.6. The molecule has 1 aromatic heterocycles. The molecule has 1 saturated carbocycles. The lowest BCUT2D eigenvalue weighted by Crippen LogP contribution is -2.42. The van der Waals surface area contributed by atoms with Crippen molar-refractivity contribution in [2.24, 2.45) is 5.92 Å². The topological polar surface area (TPSA) is 89.2 Å². The van der Waals surface area contributed by atoms with Crippen molar-refractivity contribution >= 4 is 5.91 Å². The molecular weight excluding hydrogens is 356 g/mol. The lowest BCUT2D eigenvalue weighted by atomic mass is 10.0. The number of rotatable bonds is 4. The fraction of sp³-hybridized carbons (Fsp3) is 0.476. The maximum Gasteiger partial charge on any atom is 0.272 e. The summed E-state index contributed by atoms with van der Waals surface area (Å²) in [6.45, 7) is 1.19. The Labute approximate surface area is 163 Å². The van der Waals surface area contributed by atoms with Crippen molar-refractivity contribution in [1.29, 1.82) is 5.26 Å². The lowest BCUT2D eigenvalue weighted by molar-refractivity contribution is 0.0909. The largest absolute Gasteiger partial charge is 0.491 e. The fourth-order valence-electron chi connectivity index (χ4n) is 3.97. The molecule has 7 heteroatoms. The number of nitriles is 1. The predicted octanol–water partition coefficient (Wildman–Crippen LogP) is 2.44. The standard InChI is InChI=1S/C21H22N4O3/c22-11-14-3-4-19-15(7-14)9-16(12-27-19)23-21(26)18-10-20-25(24-18)6-5-17(28-20)8-13-1-2-13/h3-4,7,10,13,16-17H,1-2,5-6,8-9,12H2,(H,23,26)/t16-,17-/m1/s1. The van der Waals surface area contributed by atoms with Gasteiger partial charge in [0.05, 0.1) is 17.7 Å². The van der Waals surface area contributed by atoms with E-state index >= 15 is 0 Å². The Morgan fingerprint density at radius 1 is 1.32 bits per heavy atom. The van der Waals surface area contributed by atoms with Crippen LogP contribution in [0.4, 0.5) is 0 Å². The van der Waals surface area contributed by atoms with Gasteiger partial charge in [0.15, 0.2) is 5.69 Å². The van der Waals surface area contributed by atoms with Crippen LogP contribution in [0.3, 0.4) is 0 Å². The summed E-state index contributed by atoms with van der Waals surface area (Å²) in [5.74, 6) is 2.05. The first-order chi connectivity index (χ1) is 13.7. The summed E-state index contributed by atoms with van der Waals surface area (Å²) in [5.41, 5.74) is 1.90. The van der Waals surface area contributed by atoms with Gasteiger partial charge in [-0.15, -0.1) is 0 Å². The molecule has 0 radical (unpaired) electrons. The summed E-state index contributed by atoms with van der Waals surface area (Å²) in [6.07, 6.45) is 5.55. The normalized spacial score (nSPS) is 22.8. The Balaban J connectivity index is 1.24. The second kappa shape index (κ2) is 6.86. The quantitative estimate of drug-likeness (QED) is 0.883. The molecule has 2 atom stereocenters. The first-order valence-electron chi connectivity index (χ1n) is 9.89. The molecule has 3 aliphatic rings. The SMILES string of the molecule is N#Cc1ccc2c(c1)C[C@@H](NC(=O)c1cc3n(n1)CC[C@H](CC1CC1)O3)CO2. The Morgan fingerprint density at radius 3 is 3.04 bits per heavy atom. The van der Waals surface area contributed by atoms with Crippen LogP contribution in [0.5, 0.6) is 11.6 Å². The Bertz CT molecular complexity index is 957. The van der Waals surface area contributed by atoms with Gasteiger partial charge in [0.2, 0.25) is 5.88 Å². The van der Waals surface area contributed by atoms with Crippen LogP contribution in [-0.4, -0.2) is 34.4 Å². The van der Waals surface area contributed by atoms with Crippen molar-refractivity contribution in [3.8, 4) is 17.7 Å². The van der Waals surface area contributed by atoms with Gasteiger partial charge in [0.25, 0.3) is 5.91 Å². The van der Waals surface area contributed by atoms with Gasteiger partial charge in [0, 0.05) is 19.0 Å². The second-order valence-corrected chi connectivity index (χ2v) is 7.92. The van der Waals surface area contributed by atoms with Crippen LogP contribution in [0.15, 0.2) is 24.3 Å². The molecule has 1 fully saturated rings. The van der Waals surface area contributed by atoms with E-state index in [9.17, 15) is 4.79 Å².